The highest BCUT2D eigenvalue weighted by atomic mass is 19.1. The van der Waals surface area contributed by atoms with Gasteiger partial charge in [-0.15, -0.1) is 0 Å². The van der Waals surface area contributed by atoms with Crippen molar-refractivity contribution in [1.29, 1.82) is 0 Å². The van der Waals surface area contributed by atoms with E-state index in [4.69, 9.17) is 5.11 Å². The lowest BCUT2D eigenvalue weighted by atomic mass is 9.92. The van der Waals surface area contributed by atoms with Gasteiger partial charge in [0.1, 0.15) is 5.82 Å². The Kier molecular flexibility index (Phi) is 2.21. The molecule has 0 unspecified atom stereocenters. The minimum Gasteiger partial charge on any atom is -0.478 e. The molecule has 1 aromatic carbocycles. The number of aromatic carboxylic acids is 1. The number of nitrogens with one attached hydrogen (secondary N) is 1. The van der Waals surface area contributed by atoms with Crippen molar-refractivity contribution in [3.63, 3.8) is 0 Å². The molecule has 0 amide bonds. The molecule has 1 aromatic rings. The molecule has 4 heteroatoms. The highest BCUT2D eigenvalue weighted by Gasteiger charge is 2.24. The first kappa shape index (κ1) is 9.15. The van der Waals surface area contributed by atoms with Gasteiger partial charge in [0, 0.05) is 19.0 Å². The number of carbonyl (C=O) groups is 1. The maximum Gasteiger partial charge on any atom is 0.338 e. The molecule has 0 radical (unpaired) electrons. The van der Waals surface area contributed by atoms with Gasteiger partial charge in [0.15, 0.2) is 0 Å². The van der Waals surface area contributed by atoms with Gasteiger partial charge in [0.2, 0.25) is 0 Å². The quantitative estimate of drug-likeness (QED) is 0.745. The van der Waals surface area contributed by atoms with E-state index < -0.39 is 11.8 Å². The summed E-state index contributed by atoms with van der Waals surface area (Å²) in [6, 6.07) is 4.51. The van der Waals surface area contributed by atoms with Crippen molar-refractivity contribution in [2.45, 2.75) is 5.92 Å². The Balaban J connectivity index is 2.40. The standard InChI is InChI=1S/C10H10FNO2/c11-9-7(6-4-12-5-6)2-1-3-8(9)10(13)14/h1-3,6,12H,4-5H2,(H,13,14). The summed E-state index contributed by atoms with van der Waals surface area (Å²) in [4.78, 5) is 10.6. The van der Waals surface area contributed by atoms with Gasteiger partial charge in [-0.05, 0) is 11.6 Å². The van der Waals surface area contributed by atoms with E-state index in [1.165, 1.54) is 6.07 Å². The first-order valence-electron chi connectivity index (χ1n) is 4.42. The summed E-state index contributed by atoms with van der Waals surface area (Å²) in [6.07, 6.45) is 0. The SMILES string of the molecule is O=C(O)c1cccc(C2CNC2)c1F. The summed E-state index contributed by atoms with van der Waals surface area (Å²) in [7, 11) is 0. The molecule has 1 saturated heterocycles. The molecule has 1 heterocycles. The van der Waals surface area contributed by atoms with Crippen molar-refractivity contribution in [3.8, 4) is 0 Å². The van der Waals surface area contributed by atoms with Gasteiger partial charge >= 0.3 is 5.97 Å². The molecule has 0 aromatic heterocycles. The van der Waals surface area contributed by atoms with Gasteiger partial charge < -0.3 is 10.4 Å². The van der Waals surface area contributed by atoms with Gasteiger partial charge in [-0.3, -0.25) is 0 Å². The Labute approximate surface area is 80.6 Å². The lowest BCUT2D eigenvalue weighted by Gasteiger charge is -2.28. The van der Waals surface area contributed by atoms with Crippen LogP contribution < -0.4 is 5.32 Å². The molecule has 14 heavy (non-hydrogen) atoms. The molecule has 1 aliphatic heterocycles. The zero-order valence-electron chi connectivity index (χ0n) is 7.46. The van der Waals surface area contributed by atoms with Crippen molar-refractivity contribution in [2.24, 2.45) is 0 Å². The molecule has 1 aliphatic rings. The van der Waals surface area contributed by atoms with E-state index in [2.05, 4.69) is 5.32 Å². The van der Waals surface area contributed by atoms with Crippen molar-refractivity contribution >= 4 is 5.97 Å². The minimum absolute atomic E-state index is 0.120. The molecule has 0 bridgehead atoms. The molecular weight excluding hydrogens is 185 g/mol. The van der Waals surface area contributed by atoms with E-state index in [-0.39, 0.29) is 11.5 Å². The fourth-order valence-corrected chi connectivity index (χ4v) is 1.54. The molecule has 2 rings (SSSR count). The molecule has 1 fully saturated rings. The summed E-state index contributed by atoms with van der Waals surface area (Å²) >= 11 is 0. The molecule has 2 N–H and O–H groups in total. The second-order valence-corrected chi connectivity index (χ2v) is 3.37. The van der Waals surface area contributed by atoms with Crippen molar-refractivity contribution in [1.82, 2.24) is 5.32 Å². The monoisotopic (exact) mass is 195 g/mol. The molecule has 74 valence electrons. The van der Waals surface area contributed by atoms with Crippen molar-refractivity contribution < 1.29 is 14.3 Å². The Morgan fingerprint density at radius 1 is 1.50 bits per heavy atom. The smallest absolute Gasteiger partial charge is 0.338 e. The maximum atomic E-state index is 13.6. The van der Waals surface area contributed by atoms with Crippen LogP contribution in [0.4, 0.5) is 4.39 Å². The lowest BCUT2D eigenvalue weighted by molar-refractivity contribution is 0.0691. The summed E-state index contributed by atoms with van der Waals surface area (Å²) < 4.78 is 13.6. The number of hydrogen-bond acceptors (Lipinski definition) is 2. The zero-order chi connectivity index (χ0) is 10.1. The molecular formula is C10H10FNO2. The lowest BCUT2D eigenvalue weighted by Crippen LogP contribution is -2.40. The van der Waals surface area contributed by atoms with Crippen LogP contribution in [-0.4, -0.2) is 24.2 Å². The highest BCUT2D eigenvalue weighted by molar-refractivity contribution is 5.88. The molecule has 0 spiro atoms. The van der Waals surface area contributed by atoms with Crippen LogP contribution in [-0.2, 0) is 0 Å². The van der Waals surface area contributed by atoms with Gasteiger partial charge in [-0.25, -0.2) is 9.18 Å². The van der Waals surface area contributed by atoms with Crippen molar-refractivity contribution in [3.05, 3.63) is 35.1 Å². The average Bonchev–Trinajstić information content (AvgIpc) is 2.04. The molecule has 0 atom stereocenters. The summed E-state index contributed by atoms with van der Waals surface area (Å²) in [5.41, 5.74) is 0.262. The predicted molar refractivity (Wildman–Crippen MR) is 49.0 cm³/mol. The highest BCUT2D eigenvalue weighted by Crippen LogP contribution is 2.24. The van der Waals surface area contributed by atoms with Crippen LogP contribution in [0, 0.1) is 5.82 Å². The van der Waals surface area contributed by atoms with Crippen LogP contribution >= 0.6 is 0 Å². The zero-order valence-corrected chi connectivity index (χ0v) is 7.46. The molecule has 0 saturated carbocycles. The predicted octanol–water partition coefficient (Wildman–Crippen LogP) is 1.21. The van der Waals surface area contributed by atoms with Gasteiger partial charge in [-0.2, -0.15) is 0 Å². The van der Waals surface area contributed by atoms with E-state index in [1.54, 1.807) is 12.1 Å². The fourth-order valence-electron chi connectivity index (χ4n) is 1.54. The first-order chi connectivity index (χ1) is 6.70. The van der Waals surface area contributed by atoms with E-state index in [0.29, 0.717) is 5.56 Å². The molecule has 0 aliphatic carbocycles. The van der Waals surface area contributed by atoms with E-state index in [0.717, 1.165) is 13.1 Å². The number of benzene rings is 1. The van der Waals surface area contributed by atoms with Gasteiger partial charge in [0.25, 0.3) is 0 Å². The Morgan fingerprint density at radius 3 is 2.71 bits per heavy atom. The average molecular weight is 195 g/mol. The van der Waals surface area contributed by atoms with Crippen LogP contribution in [0.15, 0.2) is 18.2 Å². The van der Waals surface area contributed by atoms with Crippen LogP contribution in [0.2, 0.25) is 0 Å². The van der Waals surface area contributed by atoms with E-state index >= 15 is 0 Å². The summed E-state index contributed by atoms with van der Waals surface area (Å²) in [5, 5.41) is 11.7. The minimum atomic E-state index is -1.21. The van der Waals surface area contributed by atoms with E-state index in [1.807, 2.05) is 0 Å². The summed E-state index contributed by atoms with van der Waals surface area (Å²) in [5.74, 6) is -1.68. The number of halogens is 1. The van der Waals surface area contributed by atoms with Crippen LogP contribution in [0.3, 0.4) is 0 Å². The number of carboxylic acids is 1. The molecule has 3 nitrogen and oxygen atoms in total. The second kappa shape index (κ2) is 3.38. The third-order valence-electron chi connectivity index (χ3n) is 2.48. The van der Waals surface area contributed by atoms with E-state index in [9.17, 15) is 9.18 Å². The number of carboxylic acid groups (broad SMARTS) is 1. The fraction of sp³-hybridized carbons (Fsp3) is 0.300. The Bertz CT molecular complexity index is 374. The maximum absolute atomic E-state index is 13.6. The van der Waals surface area contributed by atoms with Crippen LogP contribution in [0.5, 0.6) is 0 Å². The Morgan fingerprint density at radius 2 is 2.21 bits per heavy atom. The topological polar surface area (TPSA) is 49.3 Å². The van der Waals surface area contributed by atoms with Gasteiger partial charge in [0.05, 0.1) is 5.56 Å². The first-order valence-corrected chi connectivity index (χ1v) is 4.42. The van der Waals surface area contributed by atoms with Crippen LogP contribution in [0.1, 0.15) is 21.8 Å². The largest absolute Gasteiger partial charge is 0.478 e. The Hall–Kier alpha value is -1.42. The number of rotatable bonds is 2. The third-order valence-corrected chi connectivity index (χ3v) is 2.48. The normalized spacial score (nSPS) is 16.4. The van der Waals surface area contributed by atoms with Crippen LogP contribution in [0.25, 0.3) is 0 Å². The second-order valence-electron chi connectivity index (χ2n) is 3.37. The van der Waals surface area contributed by atoms with Gasteiger partial charge in [-0.1, -0.05) is 12.1 Å². The van der Waals surface area contributed by atoms with Crippen molar-refractivity contribution in [2.75, 3.05) is 13.1 Å². The number of hydrogen-bond donors (Lipinski definition) is 2. The third kappa shape index (κ3) is 1.37. The summed E-state index contributed by atoms with van der Waals surface area (Å²) in [6.45, 7) is 1.44.